The van der Waals surface area contributed by atoms with Gasteiger partial charge in [0.1, 0.15) is 11.4 Å². The molecule has 1 aromatic rings. The fraction of sp³-hybridized carbons (Fsp3) is 0.778. The Bertz CT molecular complexity index is 551. The number of likely N-dealkylation sites (tertiary alicyclic amines) is 1. The predicted octanol–water partition coefficient (Wildman–Crippen LogP) is 1.92. The second-order valence-electron chi connectivity index (χ2n) is 7.42. The summed E-state index contributed by atoms with van der Waals surface area (Å²) in [5.41, 5.74) is -0.145. The Labute approximate surface area is 143 Å². The van der Waals surface area contributed by atoms with E-state index in [9.17, 15) is 9.90 Å². The van der Waals surface area contributed by atoms with E-state index in [-0.39, 0.29) is 5.91 Å². The average Bonchev–Trinajstić information content (AvgIpc) is 3.13. The standard InChI is InChI=1S/C18H29N3O3/c1-13-14(2)24-16(20-13)12-21-9-5-15(6-10-21)11-19-17(22)18(23)7-3-4-8-18/h15,23H,3-12H2,1-2H3,(H,19,22). The Morgan fingerprint density at radius 2 is 2.00 bits per heavy atom. The summed E-state index contributed by atoms with van der Waals surface area (Å²) in [5.74, 6) is 2.00. The van der Waals surface area contributed by atoms with Crippen LogP contribution in [0.4, 0.5) is 0 Å². The Morgan fingerprint density at radius 1 is 1.33 bits per heavy atom. The van der Waals surface area contributed by atoms with Gasteiger partial charge in [-0.15, -0.1) is 0 Å². The van der Waals surface area contributed by atoms with Crippen molar-refractivity contribution in [3.05, 3.63) is 17.3 Å². The average molecular weight is 335 g/mol. The number of oxazole rings is 1. The fourth-order valence-corrected chi connectivity index (χ4v) is 3.74. The summed E-state index contributed by atoms with van der Waals surface area (Å²) >= 11 is 0. The third-order valence-electron chi connectivity index (χ3n) is 5.54. The molecule has 2 heterocycles. The summed E-state index contributed by atoms with van der Waals surface area (Å²) in [6, 6.07) is 0. The van der Waals surface area contributed by atoms with Crippen LogP contribution in [0, 0.1) is 19.8 Å². The summed E-state index contributed by atoms with van der Waals surface area (Å²) in [6.45, 7) is 7.32. The van der Waals surface area contributed by atoms with E-state index in [1.807, 2.05) is 13.8 Å². The van der Waals surface area contributed by atoms with Crippen molar-refractivity contribution >= 4 is 5.91 Å². The molecule has 1 amide bonds. The van der Waals surface area contributed by atoms with Gasteiger partial charge in [-0.25, -0.2) is 4.98 Å². The summed E-state index contributed by atoms with van der Waals surface area (Å²) in [5, 5.41) is 13.3. The molecular weight excluding hydrogens is 306 g/mol. The first-order valence-electron chi connectivity index (χ1n) is 9.12. The Balaban J connectivity index is 1.39. The number of piperidine rings is 1. The molecule has 2 aliphatic rings. The monoisotopic (exact) mass is 335 g/mol. The van der Waals surface area contributed by atoms with Crippen LogP contribution in [0.1, 0.15) is 55.9 Å². The third kappa shape index (κ3) is 3.98. The molecule has 0 atom stereocenters. The Kier molecular flexibility index (Phi) is 5.25. The first-order valence-corrected chi connectivity index (χ1v) is 9.12. The number of aromatic nitrogens is 1. The van der Waals surface area contributed by atoms with Gasteiger partial charge < -0.3 is 14.8 Å². The molecule has 3 rings (SSSR count). The van der Waals surface area contributed by atoms with Crippen LogP contribution in [0.15, 0.2) is 4.42 Å². The molecule has 0 aromatic carbocycles. The number of carbonyl (C=O) groups is 1. The minimum absolute atomic E-state index is 0.173. The zero-order valence-electron chi connectivity index (χ0n) is 14.8. The molecule has 1 aromatic heterocycles. The molecule has 1 aliphatic carbocycles. The molecule has 1 saturated heterocycles. The van der Waals surface area contributed by atoms with Crippen LogP contribution < -0.4 is 5.32 Å². The first kappa shape index (κ1) is 17.4. The van der Waals surface area contributed by atoms with Gasteiger partial charge in [0.25, 0.3) is 5.91 Å². The lowest BCUT2D eigenvalue weighted by molar-refractivity contribution is -0.139. The highest BCUT2D eigenvalue weighted by molar-refractivity contribution is 5.85. The largest absolute Gasteiger partial charge is 0.444 e. The molecule has 2 N–H and O–H groups in total. The van der Waals surface area contributed by atoms with Crippen molar-refractivity contribution in [3.8, 4) is 0 Å². The van der Waals surface area contributed by atoms with Gasteiger partial charge in [0.05, 0.1) is 12.2 Å². The zero-order chi connectivity index (χ0) is 17.2. The molecule has 1 saturated carbocycles. The van der Waals surface area contributed by atoms with Gasteiger partial charge in [-0.05, 0) is 71.4 Å². The van der Waals surface area contributed by atoms with Crippen molar-refractivity contribution < 1.29 is 14.3 Å². The maximum atomic E-state index is 12.2. The minimum atomic E-state index is -1.11. The van der Waals surface area contributed by atoms with Crippen molar-refractivity contribution in [2.45, 2.75) is 64.5 Å². The van der Waals surface area contributed by atoms with Crippen LogP contribution in [-0.4, -0.2) is 46.1 Å². The van der Waals surface area contributed by atoms with Crippen LogP contribution in [0.25, 0.3) is 0 Å². The molecule has 0 bridgehead atoms. The summed E-state index contributed by atoms with van der Waals surface area (Å²) < 4.78 is 5.65. The number of amides is 1. The van der Waals surface area contributed by atoms with E-state index in [4.69, 9.17) is 4.42 Å². The van der Waals surface area contributed by atoms with Gasteiger partial charge in [0.15, 0.2) is 0 Å². The lowest BCUT2D eigenvalue weighted by Gasteiger charge is -2.31. The third-order valence-corrected chi connectivity index (χ3v) is 5.54. The van der Waals surface area contributed by atoms with Gasteiger partial charge in [-0.3, -0.25) is 9.69 Å². The molecule has 2 fully saturated rings. The molecule has 134 valence electrons. The van der Waals surface area contributed by atoms with E-state index in [2.05, 4.69) is 15.2 Å². The quantitative estimate of drug-likeness (QED) is 0.859. The van der Waals surface area contributed by atoms with Crippen LogP contribution in [0.2, 0.25) is 0 Å². The fourth-order valence-electron chi connectivity index (χ4n) is 3.74. The van der Waals surface area contributed by atoms with Gasteiger partial charge in [0.2, 0.25) is 5.89 Å². The van der Waals surface area contributed by atoms with Crippen molar-refractivity contribution in [1.82, 2.24) is 15.2 Å². The smallest absolute Gasteiger partial charge is 0.251 e. The van der Waals surface area contributed by atoms with Crippen LogP contribution >= 0.6 is 0 Å². The molecule has 0 radical (unpaired) electrons. The van der Waals surface area contributed by atoms with Crippen molar-refractivity contribution in [1.29, 1.82) is 0 Å². The number of carbonyl (C=O) groups excluding carboxylic acids is 1. The van der Waals surface area contributed by atoms with Gasteiger partial charge >= 0.3 is 0 Å². The van der Waals surface area contributed by atoms with E-state index in [0.717, 1.165) is 62.7 Å². The molecule has 0 unspecified atom stereocenters. The summed E-state index contributed by atoms with van der Waals surface area (Å²) in [6.07, 6.45) is 5.21. The molecule has 6 heteroatoms. The summed E-state index contributed by atoms with van der Waals surface area (Å²) in [7, 11) is 0. The maximum absolute atomic E-state index is 12.2. The number of aliphatic hydroxyl groups is 1. The number of nitrogens with one attached hydrogen (secondary N) is 1. The number of rotatable bonds is 5. The van der Waals surface area contributed by atoms with E-state index in [1.54, 1.807) is 0 Å². The zero-order valence-corrected chi connectivity index (χ0v) is 14.8. The highest BCUT2D eigenvalue weighted by Crippen LogP contribution is 2.29. The molecular formula is C18H29N3O3. The van der Waals surface area contributed by atoms with E-state index in [1.165, 1.54) is 0 Å². The number of aryl methyl sites for hydroxylation is 2. The molecule has 6 nitrogen and oxygen atoms in total. The SMILES string of the molecule is Cc1nc(CN2CCC(CNC(=O)C3(O)CCCC3)CC2)oc1C. The predicted molar refractivity (Wildman–Crippen MR) is 90.4 cm³/mol. The second-order valence-corrected chi connectivity index (χ2v) is 7.42. The van der Waals surface area contributed by atoms with Gasteiger partial charge in [-0.1, -0.05) is 0 Å². The van der Waals surface area contributed by atoms with Crippen LogP contribution in [0.3, 0.4) is 0 Å². The van der Waals surface area contributed by atoms with Crippen molar-refractivity contribution in [2.75, 3.05) is 19.6 Å². The number of nitrogens with zero attached hydrogens (tertiary/aromatic N) is 2. The normalized spacial score (nSPS) is 22.0. The minimum Gasteiger partial charge on any atom is -0.444 e. The first-order chi connectivity index (χ1) is 11.5. The highest BCUT2D eigenvalue weighted by Gasteiger charge is 2.38. The highest BCUT2D eigenvalue weighted by atomic mass is 16.4. The van der Waals surface area contributed by atoms with E-state index < -0.39 is 5.60 Å². The Morgan fingerprint density at radius 3 is 2.58 bits per heavy atom. The molecule has 24 heavy (non-hydrogen) atoms. The van der Waals surface area contributed by atoms with Crippen molar-refractivity contribution in [3.63, 3.8) is 0 Å². The van der Waals surface area contributed by atoms with Crippen LogP contribution in [0.5, 0.6) is 0 Å². The lowest BCUT2D eigenvalue weighted by atomic mass is 9.95. The molecule has 1 aliphatic heterocycles. The topological polar surface area (TPSA) is 78.6 Å². The Hall–Kier alpha value is -1.40. The number of hydrogen-bond acceptors (Lipinski definition) is 5. The van der Waals surface area contributed by atoms with Crippen LogP contribution in [-0.2, 0) is 11.3 Å². The second kappa shape index (κ2) is 7.23. The van der Waals surface area contributed by atoms with Gasteiger partial charge in [-0.2, -0.15) is 0 Å². The maximum Gasteiger partial charge on any atom is 0.251 e. The lowest BCUT2D eigenvalue weighted by Crippen LogP contribution is -2.47. The van der Waals surface area contributed by atoms with Crippen molar-refractivity contribution in [2.24, 2.45) is 5.92 Å². The molecule has 0 spiro atoms. The van der Waals surface area contributed by atoms with Gasteiger partial charge in [0, 0.05) is 6.54 Å². The number of hydrogen-bond donors (Lipinski definition) is 2. The summed E-state index contributed by atoms with van der Waals surface area (Å²) in [4.78, 5) is 19.0. The van der Waals surface area contributed by atoms with E-state index >= 15 is 0 Å². The van der Waals surface area contributed by atoms with E-state index in [0.29, 0.717) is 25.3 Å².